The smallest absolute Gasteiger partial charge is 0.170 e. The Labute approximate surface area is 181 Å². The van der Waals surface area contributed by atoms with Crippen LogP contribution in [-0.2, 0) is 0 Å². The van der Waals surface area contributed by atoms with Crippen molar-refractivity contribution in [2.45, 2.75) is 32.4 Å². The van der Waals surface area contributed by atoms with Crippen molar-refractivity contribution < 1.29 is 9.50 Å². The van der Waals surface area contributed by atoms with E-state index in [-0.39, 0.29) is 24.5 Å². The van der Waals surface area contributed by atoms with Crippen LogP contribution in [0.3, 0.4) is 0 Å². The summed E-state index contributed by atoms with van der Waals surface area (Å²) < 4.78 is 16.5. The molecule has 2 aromatic heterocycles. The average molecular weight is 425 g/mol. The minimum absolute atomic E-state index is 0.0916. The van der Waals surface area contributed by atoms with Crippen molar-refractivity contribution in [3.63, 3.8) is 0 Å². The summed E-state index contributed by atoms with van der Waals surface area (Å²) in [5, 5.41) is 13.4. The molecule has 2 N–H and O–H groups in total. The number of benzene rings is 1. The number of halogens is 1. The van der Waals surface area contributed by atoms with E-state index in [1.165, 1.54) is 6.07 Å². The van der Waals surface area contributed by atoms with E-state index < -0.39 is 0 Å². The molecule has 1 fully saturated rings. The number of hydrogen-bond acceptors (Lipinski definition) is 3. The normalized spacial score (nSPS) is 18.7. The SMILES string of the molecule is Cc1cc([C@@H]2[C@H](c3ccccn3)NC(=S)N2CCCO)c(C)n1-c1ccccc1F. The van der Waals surface area contributed by atoms with Gasteiger partial charge in [-0.1, -0.05) is 18.2 Å². The van der Waals surface area contributed by atoms with Crippen LogP contribution in [0.2, 0.25) is 0 Å². The molecule has 3 aromatic rings. The molecule has 0 saturated carbocycles. The summed E-state index contributed by atoms with van der Waals surface area (Å²) in [5.74, 6) is -0.260. The van der Waals surface area contributed by atoms with E-state index in [4.69, 9.17) is 12.2 Å². The average Bonchev–Trinajstić information content (AvgIpc) is 3.23. The summed E-state index contributed by atoms with van der Waals surface area (Å²) in [6, 6.07) is 14.5. The second-order valence-corrected chi connectivity index (χ2v) is 7.90. The highest BCUT2D eigenvalue weighted by Gasteiger charge is 2.41. The number of nitrogens with zero attached hydrogens (tertiary/aromatic N) is 3. The predicted molar refractivity (Wildman–Crippen MR) is 119 cm³/mol. The van der Waals surface area contributed by atoms with Gasteiger partial charge in [-0.05, 0) is 68.4 Å². The molecular formula is C23H25FN4OS. The summed E-state index contributed by atoms with van der Waals surface area (Å²) in [6.07, 6.45) is 2.38. The van der Waals surface area contributed by atoms with Crippen molar-refractivity contribution in [3.05, 3.63) is 83.2 Å². The molecule has 0 aliphatic carbocycles. The summed E-state index contributed by atoms with van der Waals surface area (Å²) in [7, 11) is 0. The Balaban J connectivity index is 1.83. The highest BCUT2D eigenvalue weighted by molar-refractivity contribution is 7.80. The van der Waals surface area contributed by atoms with Gasteiger partial charge >= 0.3 is 0 Å². The fourth-order valence-electron chi connectivity index (χ4n) is 4.32. The first-order valence-electron chi connectivity index (χ1n) is 10.1. The molecule has 1 aromatic carbocycles. The van der Waals surface area contributed by atoms with Gasteiger partial charge in [0.05, 0.1) is 23.5 Å². The van der Waals surface area contributed by atoms with E-state index in [1.54, 1.807) is 18.3 Å². The van der Waals surface area contributed by atoms with E-state index >= 15 is 0 Å². The van der Waals surface area contributed by atoms with Gasteiger partial charge in [0.2, 0.25) is 0 Å². The van der Waals surface area contributed by atoms with Gasteiger partial charge in [-0.15, -0.1) is 0 Å². The fourth-order valence-corrected chi connectivity index (χ4v) is 4.65. The molecule has 0 amide bonds. The lowest BCUT2D eigenvalue weighted by Crippen LogP contribution is -2.31. The first-order valence-corrected chi connectivity index (χ1v) is 10.5. The van der Waals surface area contributed by atoms with Gasteiger partial charge in [-0.3, -0.25) is 4.98 Å². The highest BCUT2D eigenvalue weighted by Crippen LogP contribution is 2.41. The molecule has 1 saturated heterocycles. The number of aliphatic hydroxyl groups is 1. The van der Waals surface area contributed by atoms with E-state index in [9.17, 15) is 9.50 Å². The van der Waals surface area contributed by atoms with E-state index in [1.807, 2.05) is 42.7 Å². The van der Waals surface area contributed by atoms with E-state index in [0.717, 1.165) is 22.6 Å². The molecule has 4 rings (SSSR count). The monoisotopic (exact) mass is 424 g/mol. The van der Waals surface area contributed by atoms with Crippen LogP contribution in [0.5, 0.6) is 0 Å². The standard InChI is InChI=1S/C23H25FN4OS/c1-15-14-17(16(2)28(15)20-10-4-3-8-18(20)24)22-21(19-9-5-6-11-25-19)26-23(30)27(22)12-7-13-29/h3-6,8-11,14,21-22,29H,7,12-13H2,1-2H3,(H,26,30)/t21-,22+/m0/s1. The first-order chi connectivity index (χ1) is 14.5. The van der Waals surface area contributed by atoms with E-state index in [2.05, 4.69) is 21.3 Å². The maximum Gasteiger partial charge on any atom is 0.170 e. The minimum atomic E-state index is -0.260. The molecular weight excluding hydrogens is 399 g/mol. The number of nitrogens with one attached hydrogen (secondary N) is 1. The number of aryl methyl sites for hydroxylation is 1. The van der Waals surface area contributed by atoms with Crippen molar-refractivity contribution in [2.24, 2.45) is 0 Å². The van der Waals surface area contributed by atoms with Crippen molar-refractivity contribution >= 4 is 17.3 Å². The van der Waals surface area contributed by atoms with Crippen LogP contribution in [0.1, 0.15) is 41.1 Å². The maximum absolute atomic E-state index is 14.6. The number of aromatic nitrogens is 2. The molecule has 1 aliphatic heterocycles. The lowest BCUT2D eigenvalue weighted by atomic mass is 9.96. The van der Waals surface area contributed by atoms with Gasteiger partial charge in [-0.2, -0.15) is 0 Å². The maximum atomic E-state index is 14.6. The van der Waals surface area contributed by atoms with Gasteiger partial charge < -0.3 is 19.9 Å². The Kier molecular flexibility index (Phi) is 5.83. The minimum Gasteiger partial charge on any atom is -0.396 e. The number of thiocarbonyl (C=S) groups is 1. The van der Waals surface area contributed by atoms with Crippen molar-refractivity contribution in [2.75, 3.05) is 13.2 Å². The molecule has 5 nitrogen and oxygen atoms in total. The zero-order valence-electron chi connectivity index (χ0n) is 17.0. The second kappa shape index (κ2) is 8.53. The first kappa shape index (κ1) is 20.5. The highest BCUT2D eigenvalue weighted by atomic mass is 32.1. The largest absolute Gasteiger partial charge is 0.396 e. The van der Waals surface area contributed by atoms with Crippen LogP contribution in [0, 0.1) is 19.7 Å². The topological polar surface area (TPSA) is 53.3 Å². The Morgan fingerprint density at radius 1 is 1.17 bits per heavy atom. The molecule has 0 unspecified atom stereocenters. The Morgan fingerprint density at radius 2 is 1.93 bits per heavy atom. The van der Waals surface area contributed by atoms with Gasteiger partial charge in [0, 0.05) is 30.7 Å². The van der Waals surface area contributed by atoms with Crippen LogP contribution in [0.4, 0.5) is 4.39 Å². The Hall–Kier alpha value is -2.77. The summed E-state index contributed by atoms with van der Waals surface area (Å²) >= 11 is 5.64. The number of pyridine rings is 1. The zero-order chi connectivity index (χ0) is 21.3. The molecule has 3 heterocycles. The summed E-state index contributed by atoms with van der Waals surface area (Å²) in [5.41, 5.74) is 4.41. The van der Waals surface area contributed by atoms with Crippen molar-refractivity contribution in [1.82, 2.24) is 19.8 Å². The Bertz CT molecular complexity index is 1050. The number of para-hydroxylation sites is 1. The molecule has 1 aliphatic rings. The molecule has 2 atom stereocenters. The number of hydrogen-bond donors (Lipinski definition) is 2. The molecule has 0 spiro atoms. The van der Waals surface area contributed by atoms with Gasteiger partial charge in [0.15, 0.2) is 5.11 Å². The number of aliphatic hydroxyl groups excluding tert-OH is 1. The summed E-state index contributed by atoms with van der Waals surface area (Å²) in [4.78, 5) is 6.66. The third kappa shape index (κ3) is 3.59. The zero-order valence-corrected chi connectivity index (χ0v) is 17.9. The lowest BCUT2D eigenvalue weighted by Gasteiger charge is -2.28. The number of rotatable bonds is 6. The van der Waals surface area contributed by atoms with Crippen LogP contribution in [0.25, 0.3) is 5.69 Å². The van der Waals surface area contributed by atoms with Crippen LogP contribution < -0.4 is 5.32 Å². The van der Waals surface area contributed by atoms with Crippen LogP contribution in [0.15, 0.2) is 54.7 Å². The van der Waals surface area contributed by atoms with Crippen LogP contribution in [-0.4, -0.2) is 37.8 Å². The second-order valence-electron chi connectivity index (χ2n) is 7.51. The third-order valence-corrected chi connectivity index (χ3v) is 5.99. The lowest BCUT2D eigenvalue weighted by molar-refractivity contribution is 0.247. The predicted octanol–water partition coefficient (Wildman–Crippen LogP) is 3.98. The molecule has 0 bridgehead atoms. The van der Waals surface area contributed by atoms with Crippen LogP contribution >= 0.6 is 12.2 Å². The summed E-state index contributed by atoms with van der Waals surface area (Å²) in [6.45, 7) is 4.71. The van der Waals surface area contributed by atoms with Gasteiger partial charge in [0.25, 0.3) is 0 Å². The molecule has 0 radical (unpaired) electrons. The quantitative estimate of drug-likeness (QED) is 0.586. The van der Waals surface area contributed by atoms with E-state index in [0.29, 0.717) is 23.8 Å². The third-order valence-electron chi connectivity index (χ3n) is 5.64. The van der Waals surface area contributed by atoms with Crippen molar-refractivity contribution in [1.29, 1.82) is 0 Å². The Morgan fingerprint density at radius 3 is 2.63 bits per heavy atom. The molecule has 7 heteroatoms. The van der Waals surface area contributed by atoms with Gasteiger partial charge in [-0.25, -0.2) is 4.39 Å². The molecule has 156 valence electrons. The molecule has 30 heavy (non-hydrogen) atoms. The van der Waals surface area contributed by atoms with Gasteiger partial charge in [0.1, 0.15) is 5.82 Å². The van der Waals surface area contributed by atoms with Crippen molar-refractivity contribution in [3.8, 4) is 5.69 Å². The fraction of sp³-hybridized carbons (Fsp3) is 0.304.